The number of carbonyl (C=O) groups is 2. The van der Waals surface area contributed by atoms with Crippen LogP contribution in [0.2, 0.25) is 0 Å². The lowest BCUT2D eigenvalue weighted by Crippen LogP contribution is -2.79. The Bertz CT molecular complexity index is 2110. The highest BCUT2D eigenvalue weighted by Crippen LogP contribution is 2.72. The molecule has 0 aromatic heterocycles. The fourth-order valence-electron chi connectivity index (χ4n) is 16.5. The molecule has 3 N–H and O–H groups in total. The number of esters is 2. The van der Waals surface area contributed by atoms with Gasteiger partial charge >= 0.3 is 11.9 Å². The van der Waals surface area contributed by atoms with Gasteiger partial charge in [-0.05, 0) is 155 Å². The van der Waals surface area contributed by atoms with Gasteiger partial charge in [-0.3, -0.25) is 4.79 Å². The van der Waals surface area contributed by atoms with Crippen LogP contribution in [0.3, 0.4) is 0 Å². The molecule has 7 nitrogen and oxygen atoms in total. The Balaban J connectivity index is 1.14. The van der Waals surface area contributed by atoms with E-state index in [9.17, 15) is 20.1 Å². The lowest BCUT2D eigenvalue weighted by molar-refractivity contribution is -0.339. The number of aryl methyl sites for hydroxylation is 1. The topological polar surface area (TPSA) is 113 Å². The van der Waals surface area contributed by atoms with Crippen molar-refractivity contribution in [1.82, 2.24) is 0 Å². The Morgan fingerprint density at radius 3 is 2.23 bits per heavy atom. The van der Waals surface area contributed by atoms with Crippen molar-refractivity contribution < 1.29 is 34.4 Å². The Kier molecular flexibility index (Phi) is 13.8. The van der Waals surface area contributed by atoms with Crippen molar-refractivity contribution in [3.63, 3.8) is 0 Å². The molecule has 0 saturated heterocycles. The van der Waals surface area contributed by atoms with Crippen LogP contribution in [0.1, 0.15) is 173 Å². The van der Waals surface area contributed by atoms with E-state index in [2.05, 4.69) is 86.4 Å². The summed E-state index contributed by atoms with van der Waals surface area (Å²) < 4.78 is 12.8. The van der Waals surface area contributed by atoms with Gasteiger partial charge in [0.2, 0.25) is 0 Å². The molecular formula is C59H80O7. The summed E-state index contributed by atoms with van der Waals surface area (Å²) in [6, 6.07) is 21.3. The Labute approximate surface area is 396 Å². The third kappa shape index (κ3) is 8.76. The van der Waals surface area contributed by atoms with E-state index in [1.165, 1.54) is 30.4 Å². The second kappa shape index (κ2) is 19.2. The fraction of sp³-hybridized carbons (Fsp3) is 0.695. The first kappa shape index (κ1) is 47.6. The summed E-state index contributed by atoms with van der Waals surface area (Å²) in [5.74, 6) is 7.30. The Morgan fingerprint density at radius 1 is 0.818 bits per heavy atom. The minimum atomic E-state index is -1.70. The van der Waals surface area contributed by atoms with E-state index < -0.39 is 51.5 Å². The number of rotatable bonds is 14. The standard InChI is InChI=1S/C59H80O7/c1-42(17-15-22-43-18-7-4-8-19-43)25-26-49(60)59-50(61)28-33-55(3,47-23-11-6-12-24-47)52(59)48-39-54(2,58(59,64)34-27-45-36-51(62)65-40-45)29-16-32-57(53(63)66-48)38-46(35-44-20-9-5-10-21-44)37-56(41-57)30-13-14-31-56/h4-5,7-10,18-21,36,42,46-50,52,60-61,64H,6,11-15,17,22-28,30-35,37-41H2,1-3H3/t42-,46-,48-,49+,50-,52+,54+,55+,57-,58-,59+/m1/s1. The zero-order valence-electron chi connectivity index (χ0n) is 40.5. The van der Waals surface area contributed by atoms with Crippen LogP contribution in [-0.2, 0) is 31.9 Å². The summed E-state index contributed by atoms with van der Waals surface area (Å²) in [6.45, 7) is 6.85. The third-order valence-electron chi connectivity index (χ3n) is 19.5. The van der Waals surface area contributed by atoms with Crippen LogP contribution in [0.5, 0.6) is 0 Å². The summed E-state index contributed by atoms with van der Waals surface area (Å²) in [5.41, 5.74) is -2.04. The molecule has 0 amide bonds. The van der Waals surface area contributed by atoms with E-state index in [1.807, 2.05) is 6.92 Å². The van der Waals surface area contributed by atoms with Gasteiger partial charge in [-0.25, -0.2) is 4.79 Å². The maximum Gasteiger partial charge on any atom is 0.331 e. The highest BCUT2D eigenvalue weighted by Gasteiger charge is 2.78. The highest BCUT2D eigenvalue weighted by molar-refractivity contribution is 5.85. The van der Waals surface area contributed by atoms with Gasteiger partial charge < -0.3 is 24.8 Å². The number of carbonyl (C=O) groups excluding carboxylic acids is 2. The number of ether oxygens (including phenoxy) is 2. The molecule has 0 radical (unpaired) electrons. The summed E-state index contributed by atoms with van der Waals surface area (Å²) in [4.78, 5) is 28.3. The SMILES string of the molecule is C[C@H](CCCc1ccccc1)CC[C@H](O)[C@]12[C@H](O)CC[C@@](C)(C3CCCCC3)[C@@H]1[C@H]1C[C@](C)(C#CC[C@]3(C[C@H](Cc4ccccc4)CC4(CCCC4)C3)C(=O)O1)[C@]2(O)CCC1=CC(=O)OC1. The number of aliphatic hydroxyl groups is 3. The van der Waals surface area contributed by atoms with E-state index >= 15 is 4.79 Å². The average Bonchev–Trinajstić information content (AvgIpc) is 3.96. The van der Waals surface area contributed by atoms with Crippen LogP contribution in [0.4, 0.5) is 0 Å². The lowest BCUT2D eigenvalue weighted by Gasteiger charge is -2.72. The normalized spacial score (nSPS) is 37.3. The number of cyclic esters (lactones) is 1. The molecule has 5 fully saturated rings. The summed E-state index contributed by atoms with van der Waals surface area (Å²) >= 11 is 0. The molecule has 5 aliphatic carbocycles. The number of fused-ring (bicyclic) bond motifs is 4. The Morgan fingerprint density at radius 2 is 1.53 bits per heavy atom. The second-order valence-electron chi connectivity index (χ2n) is 23.7. The van der Waals surface area contributed by atoms with Crippen molar-refractivity contribution in [2.24, 2.45) is 50.7 Å². The first-order valence-corrected chi connectivity index (χ1v) is 26.5. The largest absolute Gasteiger partial charge is 0.462 e. The molecule has 66 heavy (non-hydrogen) atoms. The zero-order chi connectivity index (χ0) is 46.2. The minimum absolute atomic E-state index is 0.0655. The van der Waals surface area contributed by atoms with Gasteiger partial charge in [0, 0.05) is 24.8 Å². The van der Waals surface area contributed by atoms with Crippen molar-refractivity contribution in [1.29, 1.82) is 0 Å². The predicted octanol–water partition coefficient (Wildman–Crippen LogP) is 11.4. The summed E-state index contributed by atoms with van der Waals surface area (Å²) in [5, 5.41) is 41.1. The van der Waals surface area contributed by atoms with Gasteiger partial charge in [-0.15, -0.1) is 5.92 Å². The van der Waals surface area contributed by atoms with Crippen molar-refractivity contribution in [2.45, 2.75) is 199 Å². The van der Waals surface area contributed by atoms with Crippen LogP contribution >= 0.6 is 0 Å². The number of benzene rings is 2. The number of hydrogen-bond donors (Lipinski definition) is 3. The fourth-order valence-corrected chi connectivity index (χ4v) is 16.5. The maximum atomic E-state index is 15.8. The van der Waals surface area contributed by atoms with Crippen molar-refractivity contribution in [3.8, 4) is 11.8 Å². The van der Waals surface area contributed by atoms with E-state index in [0.29, 0.717) is 49.9 Å². The number of aliphatic hydroxyl groups excluding tert-OH is 2. The van der Waals surface area contributed by atoms with Crippen LogP contribution in [0.25, 0.3) is 0 Å². The van der Waals surface area contributed by atoms with Gasteiger partial charge in [0.1, 0.15) is 12.7 Å². The smallest absolute Gasteiger partial charge is 0.331 e. The summed E-state index contributed by atoms with van der Waals surface area (Å²) in [6.07, 6.45) is 19.0. The highest BCUT2D eigenvalue weighted by atomic mass is 16.5. The molecule has 2 spiro atoms. The minimum Gasteiger partial charge on any atom is -0.462 e. The first-order valence-electron chi connectivity index (χ1n) is 26.5. The van der Waals surface area contributed by atoms with Crippen LogP contribution < -0.4 is 0 Å². The van der Waals surface area contributed by atoms with Gasteiger partial charge in [0.25, 0.3) is 0 Å². The van der Waals surface area contributed by atoms with Crippen LogP contribution in [-0.4, -0.2) is 57.8 Å². The van der Waals surface area contributed by atoms with Gasteiger partial charge in [-0.2, -0.15) is 0 Å². The average molecular weight is 901 g/mol. The van der Waals surface area contributed by atoms with Gasteiger partial charge in [-0.1, -0.05) is 119 Å². The molecule has 11 atom stereocenters. The van der Waals surface area contributed by atoms with Crippen molar-refractivity contribution in [2.75, 3.05) is 6.61 Å². The molecule has 5 saturated carbocycles. The molecule has 2 bridgehead atoms. The second-order valence-corrected chi connectivity index (χ2v) is 23.7. The zero-order valence-corrected chi connectivity index (χ0v) is 40.5. The summed E-state index contributed by atoms with van der Waals surface area (Å²) in [7, 11) is 0. The van der Waals surface area contributed by atoms with Crippen molar-refractivity contribution >= 4 is 11.9 Å². The Hall–Kier alpha value is -3.44. The molecule has 2 aliphatic heterocycles. The van der Waals surface area contributed by atoms with Crippen LogP contribution in [0.15, 0.2) is 72.3 Å². The van der Waals surface area contributed by atoms with E-state index in [4.69, 9.17) is 9.47 Å². The third-order valence-corrected chi connectivity index (χ3v) is 19.5. The molecule has 7 heteroatoms. The number of hydrogen-bond acceptors (Lipinski definition) is 7. The molecule has 7 aliphatic rings. The first-order chi connectivity index (χ1) is 31.7. The van der Waals surface area contributed by atoms with Crippen molar-refractivity contribution in [3.05, 3.63) is 83.4 Å². The maximum absolute atomic E-state index is 15.8. The van der Waals surface area contributed by atoms with Crippen LogP contribution in [0, 0.1) is 62.6 Å². The predicted molar refractivity (Wildman–Crippen MR) is 259 cm³/mol. The molecule has 2 aromatic rings. The molecule has 358 valence electrons. The van der Waals surface area contributed by atoms with E-state index in [1.54, 1.807) is 6.08 Å². The van der Waals surface area contributed by atoms with Gasteiger partial charge in [0.05, 0.1) is 34.1 Å². The lowest BCUT2D eigenvalue weighted by atomic mass is 9.35. The monoisotopic (exact) mass is 901 g/mol. The molecule has 9 rings (SSSR count). The van der Waals surface area contributed by atoms with E-state index in [-0.39, 0.29) is 30.4 Å². The van der Waals surface area contributed by atoms with Gasteiger partial charge in [0.15, 0.2) is 0 Å². The molecule has 0 unspecified atom stereocenters. The molecular weight excluding hydrogens is 821 g/mol. The molecule has 2 heterocycles. The van der Waals surface area contributed by atoms with E-state index in [0.717, 1.165) is 102 Å². The molecule has 2 aromatic carbocycles. The quantitative estimate of drug-likeness (QED) is 0.128.